The lowest BCUT2D eigenvalue weighted by molar-refractivity contribution is -0.117. The first-order valence-corrected chi connectivity index (χ1v) is 8.25. The molecule has 1 saturated carbocycles. The monoisotopic (exact) mass is 341 g/mol. The first kappa shape index (κ1) is 17.0. The van der Waals surface area contributed by atoms with Gasteiger partial charge in [-0.05, 0) is 55.7 Å². The molecule has 1 fully saturated rings. The lowest BCUT2D eigenvalue weighted by Gasteiger charge is -2.15. The summed E-state index contributed by atoms with van der Waals surface area (Å²) in [5.41, 5.74) is 2.04. The van der Waals surface area contributed by atoms with Crippen LogP contribution in [-0.2, 0) is 4.79 Å². The van der Waals surface area contributed by atoms with Gasteiger partial charge in [0.1, 0.15) is 5.82 Å². The highest BCUT2D eigenvalue weighted by atomic mass is 19.1. The molecule has 0 radical (unpaired) electrons. The molecule has 130 valence electrons. The van der Waals surface area contributed by atoms with E-state index in [-0.39, 0.29) is 29.7 Å². The van der Waals surface area contributed by atoms with Crippen LogP contribution < -0.4 is 16.0 Å². The minimum absolute atomic E-state index is 0.0199. The third-order valence-corrected chi connectivity index (χ3v) is 4.05. The lowest BCUT2D eigenvalue weighted by Crippen LogP contribution is -2.31. The summed E-state index contributed by atoms with van der Waals surface area (Å²) in [5.74, 6) is -0.173. The number of hydrogen-bond acceptors (Lipinski definition) is 2. The molecule has 2 aromatic rings. The van der Waals surface area contributed by atoms with Gasteiger partial charge in [0.15, 0.2) is 0 Å². The van der Waals surface area contributed by atoms with Gasteiger partial charge in [0.05, 0.1) is 6.04 Å². The molecule has 3 N–H and O–H groups in total. The molecule has 0 bridgehead atoms. The maximum Gasteiger partial charge on any atom is 0.319 e. The Morgan fingerprint density at radius 3 is 2.32 bits per heavy atom. The second kappa shape index (κ2) is 7.34. The molecule has 6 heteroatoms. The molecule has 0 unspecified atom stereocenters. The Balaban J connectivity index is 1.56. The Hall–Kier alpha value is -2.89. The number of rotatable bonds is 5. The highest BCUT2D eigenvalue weighted by Gasteiger charge is 2.29. The third kappa shape index (κ3) is 4.79. The van der Waals surface area contributed by atoms with Crippen molar-refractivity contribution in [1.82, 2.24) is 5.32 Å². The van der Waals surface area contributed by atoms with Crippen LogP contribution in [0.25, 0.3) is 0 Å². The standard InChI is InChI=1S/C19H20FN3O2/c1-12(13-7-9-15(20)10-8-13)21-19(25)23-17-4-2-3-16(11-17)22-18(24)14-5-6-14/h2-4,7-12,14H,5-6H2,1H3,(H,22,24)(H2,21,23,25)/t12-/m1/s1. The smallest absolute Gasteiger partial charge is 0.319 e. The summed E-state index contributed by atoms with van der Waals surface area (Å²) in [4.78, 5) is 23.9. The van der Waals surface area contributed by atoms with Gasteiger partial charge in [0, 0.05) is 17.3 Å². The average molecular weight is 341 g/mol. The number of carbonyl (C=O) groups is 2. The van der Waals surface area contributed by atoms with E-state index in [1.807, 2.05) is 6.92 Å². The van der Waals surface area contributed by atoms with E-state index in [1.165, 1.54) is 12.1 Å². The predicted octanol–water partition coefficient (Wildman–Crippen LogP) is 4.06. The fourth-order valence-corrected chi connectivity index (χ4v) is 2.46. The van der Waals surface area contributed by atoms with Crippen LogP contribution >= 0.6 is 0 Å². The van der Waals surface area contributed by atoms with Gasteiger partial charge >= 0.3 is 6.03 Å². The minimum atomic E-state index is -0.373. The van der Waals surface area contributed by atoms with Gasteiger partial charge in [0.25, 0.3) is 0 Å². The van der Waals surface area contributed by atoms with Gasteiger partial charge in [-0.2, -0.15) is 0 Å². The van der Waals surface area contributed by atoms with E-state index in [0.717, 1.165) is 18.4 Å². The quantitative estimate of drug-likeness (QED) is 0.767. The molecule has 1 aliphatic rings. The first-order valence-electron chi connectivity index (χ1n) is 8.25. The van der Waals surface area contributed by atoms with Gasteiger partial charge in [-0.15, -0.1) is 0 Å². The molecule has 3 rings (SSSR count). The van der Waals surface area contributed by atoms with Crippen molar-refractivity contribution in [3.63, 3.8) is 0 Å². The van der Waals surface area contributed by atoms with E-state index in [9.17, 15) is 14.0 Å². The van der Waals surface area contributed by atoms with Crippen LogP contribution in [-0.4, -0.2) is 11.9 Å². The minimum Gasteiger partial charge on any atom is -0.331 e. The summed E-state index contributed by atoms with van der Waals surface area (Å²) in [6, 6.07) is 12.3. The summed E-state index contributed by atoms with van der Waals surface area (Å²) in [6.07, 6.45) is 1.88. The summed E-state index contributed by atoms with van der Waals surface area (Å²) in [6.45, 7) is 1.82. The van der Waals surface area contributed by atoms with Gasteiger partial charge in [-0.3, -0.25) is 4.79 Å². The van der Waals surface area contributed by atoms with E-state index in [0.29, 0.717) is 11.4 Å². The van der Waals surface area contributed by atoms with Crippen molar-refractivity contribution in [3.05, 3.63) is 59.9 Å². The summed E-state index contributed by atoms with van der Waals surface area (Å²) >= 11 is 0. The van der Waals surface area contributed by atoms with E-state index >= 15 is 0 Å². The second-order valence-corrected chi connectivity index (χ2v) is 6.22. The second-order valence-electron chi connectivity index (χ2n) is 6.22. The van der Waals surface area contributed by atoms with Crippen LogP contribution in [0.3, 0.4) is 0 Å². The zero-order valence-electron chi connectivity index (χ0n) is 13.9. The largest absolute Gasteiger partial charge is 0.331 e. The molecule has 25 heavy (non-hydrogen) atoms. The molecular formula is C19H20FN3O2. The van der Waals surface area contributed by atoms with Crippen molar-refractivity contribution in [2.45, 2.75) is 25.8 Å². The highest BCUT2D eigenvalue weighted by molar-refractivity contribution is 5.95. The summed E-state index contributed by atoms with van der Waals surface area (Å²) in [7, 11) is 0. The van der Waals surface area contributed by atoms with Crippen molar-refractivity contribution in [2.75, 3.05) is 10.6 Å². The van der Waals surface area contributed by atoms with Crippen LogP contribution in [0, 0.1) is 11.7 Å². The van der Waals surface area contributed by atoms with E-state index in [1.54, 1.807) is 36.4 Å². The van der Waals surface area contributed by atoms with Crippen molar-refractivity contribution < 1.29 is 14.0 Å². The van der Waals surface area contributed by atoms with Gasteiger partial charge in [-0.25, -0.2) is 9.18 Å². The first-order chi connectivity index (χ1) is 12.0. The number of anilines is 2. The number of hydrogen-bond donors (Lipinski definition) is 3. The van der Waals surface area contributed by atoms with E-state index < -0.39 is 0 Å². The van der Waals surface area contributed by atoms with Crippen LogP contribution in [0.4, 0.5) is 20.6 Å². The topological polar surface area (TPSA) is 70.2 Å². The van der Waals surface area contributed by atoms with Crippen LogP contribution in [0.15, 0.2) is 48.5 Å². The van der Waals surface area contributed by atoms with E-state index in [2.05, 4.69) is 16.0 Å². The maximum absolute atomic E-state index is 13.0. The normalized spacial score (nSPS) is 14.5. The SMILES string of the molecule is C[C@@H](NC(=O)Nc1cccc(NC(=O)C2CC2)c1)c1ccc(F)cc1. The Morgan fingerprint density at radius 1 is 1.04 bits per heavy atom. The van der Waals surface area contributed by atoms with Crippen molar-refractivity contribution in [3.8, 4) is 0 Å². The molecule has 3 amide bonds. The van der Waals surface area contributed by atoms with Crippen molar-refractivity contribution in [2.24, 2.45) is 5.92 Å². The molecule has 2 aromatic carbocycles. The fraction of sp³-hybridized carbons (Fsp3) is 0.263. The Bertz CT molecular complexity index is 772. The molecule has 1 aliphatic carbocycles. The average Bonchev–Trinajstić information content (AvgIpc) is 3.40. The highest BCUT2D eigenvalue weighted by Crippen LogP contribution is 2.30. The maximum atomic E-state index is 13.0. The lowest BCUT2D eigenvalue weighted by atomic mass is 10.1. The molecule has 0 heterocycles. The number of nitrogens with one attached hydrogen (secondary N) is 3. The zero-order valence-corrected chi connectivity index (χ0v) is 13.9. The van der Waals surface area contributed by atoms with Gasteiger partial charge < -0.3 is 16.0 Å². The zero-order chi connectivity index (χ0) is 17.8. The number of amides is 3. The Kier molecular flexibility index (Phi) is 4.97. The Labute approximate surface area is 145 Å². The summed E-state index contributed by atoms with van der Waals surface area (Å²) < 4.78 is 13.0. The van der Waals surface area contributed by atoms with Gasteiger partial charge in [0.2, 0.25) is 5.91 Å². The number of halogens is 1. The van der Waals surface area contributed by atoms with Crippen LogP contribution in [0.2, 0.25) is 0 Å². The molecule has 0 aromatic heterocycles. The molecule has 0 saturated heterocycles. The number of carbonyl (C=O) groups excluding carboxylic acids is 2. The molecular weight excluding hydrogens is 321 g/mol. The van der Waals surface area contributed by atoms with Crippen LogP contribution in [0.5, 0.6) is 0 Å². The van der Waals surface area contributed by atoms with E-state index in [4.69, 9.17) is 0 Å². The molecule has 0 spiro atoms. The molecule has 0 aliphatic heterocycles. The van der Waals surface area contributed by atoms with Crippen molar-refractivity contribution in [1.29, 1.82) is 0 Å². The molecule has 1 atom stereocenters. The number of urea groups is 1. The number of benzene rings is 2. The summed E-state index contributed by atoms with van der Waals surface area (Å²) in [5, 5.41) is 8.37. The predicted molar refractivity (Wildman–Crippen MR) is 94.8 cm³/mol. The fourth-order valence-electron chi connectivity index (χ4n) is 2.46. The van der Waals surface area contributed by atoms with Gasteiger partial charge in [-0.1, -0.05) is 18.2 Å². The third-order valence-electron chi connectivity index (χ3n) is 4.05. The van der Waals surface area contributed by atoms with Crippen molar-refractivity contribution >= 4 is 23.3 Å². The Morgan fingerprint density at radius 2 is 1.68 bits per heavy atom. The molecule has 5 nitrogen and oxygen atoms in total. The van der Waals surface area contributed by atoms with Crippen LogP contribution in [0.1, 0.15) is 31.4 Å².